The summed E-state index contributed by atoms with van der Waals surface area (Å²) in [7, 11) is 1.97. The third-order valence-corrected chi connectivity index (χ3v) is 4.81. The van der Waals surface area contributed by atoms with Crippen molar-refractivity contribution in [3.05, 3.63) is 69.8 Å². The standard InChI is InChI=1S/C20H17F3O5/c1-19(12-7-5-4-6-8-12)15-11(10-28-19)9-13(17(24)26-2)14(18(25)27-3)16(15)20(21,22)23/h4-9H,10H2,1-3H3. The van der Waals surface area contributed by atoms with Crippen LogP contribution in [0.25, 0.3) is 0 Å². The van der Waals surface area contributed by atoms with Crippen molar-refractivity contribution >= 4 is 11.9 Å². The van der Waals surface area contributed by atoms with Gasteiger partial charge in [-0.2, -0.15) is 13.2 Å². The summed E-state index contributed by atoms with van der Waals surface area (Å²) in [5, 5.41) is 0. The molecule has 0 fully saturated rings. The fraction of sp³-hybridized carbons (Fsp3) is 0.300. The van der Waals surface area contributed by atoms with Gasteiger partial charge < -0.3 is 14.2 Å². The van der Waals surface area contributed by atoms with Crippen molar-refractivity contribution in [1.82, 2.24) is 0 Å². The number of carbonyl (C=O) groups excluding carboxylic acids is 2. The van der Waals surface area contributed by atoms with Crippen LogP contribution < -0.4 is 0 Å². The highest BCUT2D eigenvalue weighted by Crippen LogP contribution is 2.50. The number of hydrogen-bond acceptors (Lipinski definition) is 5. The number of ether oxygens (including phenoxy) is 3. The van der Waals surface area contributed by atoms with Gasteiger partial charge in [-0.1, -0.05) is 30.3 Å². The molecule has 1 aliphatic rings. The molecule has 1 atom stereocenters. The van der Waals surface area contributed by atoms with Gasteiger partial charge in [-0.05, 0) is 24.1 Å². The fourth-order valence-electron chi connectivity index (χ4n) is 3.54. The number of halogens is 3. The molecule has 0 aromatic heterocycles. The third-order valence-electron chi connectivity index (χ3n) is 4.81. The maximum atomic E-state index is 14.2. The number of rotatable bonds is 3. The van der Waals surface area contributed by atoms with Crippen LogP contribution in [0.5, 0.6) is 0 Å². The zero-order valence-electron chi connectivity index (χ0n) is 15.3. The molecule has 1 aliphatic heterocycles. The van der Waals surface area contributed by atoms with Gasteiger partial charge >= 0.3 is 18.1 Å². The van der Waals surface area contributed by atoms with E-state index in [-0.39, 0.29) is 17.7 Å². The summed E-state index contributed by atoms with van der Waals surface area (Å²) in [4.78, 5) is 24.4. The molecular weight excluding hydrogens is 377 g/mol. The van der Waals surface area contributed by atoms with Crippen LogP contribution >= 0.6 is 0 Å². The van der Waals surface area contributed by atoms with E-state index in [1.54, 1.807) is 30.3 Å². The Morgan fingerprint density at radius 1 is 1.07 bits per heavy atom. The number of hydrogen-bond donors (Lipinski definition) is 0. The quantitative estimate of drug-likeness (QED) is 0.735. The first-order valence-corrected chi connectivity index (χ1v) is 8.28. The van der Waals surface area contributed by atoms with Crippen LogP contribution in [0.15, 0.2) is 36.4 Å². The Kier molecular flexibility index (Phi) is 4.93. The van der Waals surface area contributed by atoms with Crippen LogP contribution in [0.4, 0.5) is 13.2 Å². The summed E-state index contributed by atoms with van der Waals surface area (Å²) < 4.78 is 57.5. The molecule has 0 spiro atoms. The Morgan fingerprint density at radius 2 is 1.68 bits per heavy atom. The number of fused-ring (bicyclic) bond motifs is 1. The van der Waals surface area contributed by atoms with Crippen molar-refractivity contribution in [2.45, 2.75) is 25.3 Å². The lowest BCUT2D eigenvalue weighted by molar-refractivity contribution is -0.140. The van der Waals surface area contributed by atoms with Gasteiger partial charge in [-0.25, -0.2) is 9.59 Å². The van der Waals surface area contributed by atoms with Gasteiger partial charge in [0, 0.05) is 5.56 Å². The van der Waals surface area contributed by atoms with E-state index in [4.69, 9.17) is 4.74 Å². The van der Waals surface area contributed by atoms with Gasteiger partial charge in [-0.15, -0.1) is 0 Å². The Morgan fingerprint density at radius 3 is 2.21 bits per heavy atom. The lowest BCUT2D eigenvalue weighted by Crippen LogP contribution is -2.29. The molecule has 0 N–H and O–H groups in total. The Bertz CT molecular complexity index is 937. The number of alkyl halides is 3. The highest BCUT2D eigenvalue weighted by atomic mass is 19.4. The minimum absolute atomic E-state index is 0.157. The summed E-state index contributed by atoms with van der Waals surface area (Å²) in [5.41, 5.74) is -3.67. The minimum Gasteiger partial charge on any atom is -0.465 e. The summed E-state index contributed by atoms with van der Waals surface area (Å²) in [6.07, 6.45) is -4.94. The van der Waals surface area contributed by atoms with Crippen molar-refractivity contribution in [3.8, 4) is 0 Å². The topological polar surface area (TPSA) is 61.8 Å². The first kappa shape index (κ1) is 19.9. The van der Waals surface area contributed by atoms with Gasteiger partial charge in [0.1, 0.15) is 5.60 Å². The second kappa shape index (κ2) is 6.94. The van der Waals surface area contributed by atoms with E-state index in [1.807, 2.05) is 0 Å². The van der Waals surface area contributed by atoms with E-state index in [9.17, 15) is 22.8 Å². The number of benzene rings is 2. The van der Waals surface area contributed by atoms with E-state index < -0.39 is 40.4 Å². The summed E-state index contributed by atoms with van der Waals surface area (Å²) in [5.74, 6) is -2.35. The predicted octanol–water partition coefficient (Wildman–Crippen LogP) is 4.07. The van der Waals surface area contributed by atoms with Gasteiger partial charge in [0.2, 0.25) is 0 Å². The van der Waals surface area contributed by atoms with Crippen molar-refractivity contribution in [2.75, 3.05) is 14.2 Å². The maximum absolute atomic E-state index is 14.2. The number of methoxy groups -OCH3 is 2. The van der Waals surface area contributed by atoms with E-state index in [0.29, 0.717) is 5.56 Å². The Balaban J connectivity index is 2.44. The molecular formula is C20H17F3O5. The maximum Gasteiger partial charge on any atom is 0.417 e. The fourth-order valence-corrected chi connectivity index (χ4v) is 3.54. The lowest BCUT2D eigenvalue weighted by Gasteiger charge is -2.29. The van der Waals surface area contributed by atoms with E-state index in [0.717, 1.165) is 14.2 Å². The van der Waals surface area contributed by atoms with E-state index >= 15 is 0 Å². The zero-order chi connectivity index (χ0) is 20.7. The molecule has 8 heteroatoms. The molecule has 0 amide bonds. The van der Waals surface area contributed by atoms with Gasteiger partial charge in [-0.3, -0.25) is 0 Å². The SMILES string of the molecule is COC(=O)c1cc2c(c(C(F)(F)F)c1C(=O)OC)C(C)(c1ccccc1)OC2. The zero-order valence-corrected chi connectivity index (χ0v) is 15.3. The van der Waals surface area contributed by atoms with Crippen LogP contribution in [-0.2, 0) is 32.6 Å². The molecule has 2 aromatic carbocycles. The minimum atomic E-state index is -4.94. The average Bonchev–Trinajstić information content (AvgIpc) is 3.03. The largest absolute Gasteiger partial charge is 0.465 e. The van der Waals surface area contributed by atoms with E-state index in [2.05, 4.69) is 9.47 Å². The molecule has 0 saturated heterocycles. The van der Waals surface area contributed by atoms with Crippen LogP contribution in [0.1, 0.15) is 49.9 Å². The van der Waals surface area contributed by atoms with Gasteiger partial charge in [0.15, 0.2) is 0 Å². The molecule has 1 heterocycles. The average molecular weight is 394 g/mol. The van der Waals surface area contributed by atoms with Crippen LogP contribution in [0.2, 0.25) is 0 Å². The predicted molar refractivity (Wildman–Crippen MR) is 91.8 cm³/mol. The molecule has 5 nitrogen and oxygen atoms in total. The van der Waals surface area contributed by atoms with Crippen molar-refractivity contribution in [2.24, 2.45) is 0 Å². The molecule has 0 radical (unpaired) electrons. The van der Waals surface area contributed by atoms with Crippen LogP contribution in [0.3, 0.4) is 0 Å². The summed E-state index contributed by atoms with van der Waals surface area (Å²) in [6.45, 7) is 1.34. The lowest BCUT2D eigenvalue weighted by atomic mass is 9.80. The Hall–Kier alpha value is -2.87. The first-order valence-electron chi connectivity index (χ1n) is 8.28. The Labute approximate surface area is 159 Å². The second-order valence-corrected chi connectivity index (χ2v) is 6.38. The second-order valence-electron chi connectivity index (χ2n) is 6.38. The van der Waals surface area contributed by atoms with Crippen LogP contribution in [0, 0.1) is 0 Å². The molecule has 3 rings (SSSR count). The first-order chi connectivity index (χ1) is 13.1. The highest BCUT2D eigenvalue weighted by molar-refractivity contribution is 6.05. The van der Waals surface area contributed by atoms with Gasteiger partial charge in [0.05, 0.1) is 37.5 Å². The van der Waals surface area contributed by atoms with Crippen molar-refractivity contribution in [1.29, 1.82) is 0 Å². The number of carbonyl (C=O) groups is 2. The van der Waals surface area contributed by atoms with Crippen molar-refractivity contribution in [3.63, 3.8) is 0 Å². The molecule has 1 unspecified atom stereocenters. The molecule has 0 saturated carbocycles. The molecule has 148 valence electrons. The monoisotopic (exact) mass is 394 g/mol. The normalized spacial score (nSPS) is 18.5. The highest BCUT2D eigenvalue weighted by Gasteiger charge is 2.50. The molecule has 2 aromatic rings. The molecule has 0 bridgehead atoms. The van der Waals surface area contributed by atoms with E-state index in [1.165, 1.54) is 13.0 Å². The third kappa shape index (κ3) is 3.03. The summed E-state index contributed by atoms with van der Waals surface area (Å²) in [6, 6.07) is 9.57. The van der Waals surface area contributed by atoms with Gasteiger partial charge in [0.25, 0.3) is 0 Å². The molecule has 28 heavy (non-hydrogen) atoms. The van der Waals surface area contributed by atoms with Crippen LogP contribution in [-0.4, -0.2) is 26.2 Å². The summed E-state index contributed by atoms with van der Waals surface area (Å²) >= 11 is 0. The number of esters is 2. The molecule has 0 aliphatic carbocycles. The van der Waals surface area contributed by atoms with Crippen molar-refractivity contribution < 1.29 is 37.0 Å². The smallest absolute Gasteiger partial charge is 0.417 e.